The summed E-state index contributed by atoms with van der Waals surface area (Å²) < 4.78 is 32.5. The van der Waals surface area contributed by atoms with Gasteiger partial charge in [-0.1, -0.05) is 6.92 Å². The Balaban J connectivity index is 2.42. The van der Waals surface area contributed by atoms with Crippen LogP contribution >= 0.6 is 0 Å². The van der Waals surface area contributed by atoms with Gasteiger partial charge in [0.25, 0.3) is 0 Å². The number of benzene rings is 1. The number of rotatable bonds is 5. The summed E-state index contributed by atoms with van der Waals surface area (Å²) in [5.41, 5.74) is -1.27. The van der Waals surface area contributed by atoms with Crippen molar-refractivity contribution in [3.63, 3.8) is 0 Å². The van der Waals surface area contributed by atoms with Gasteiger partial charge < -0.3 is 9.73 Å². The van der Waals surface area contributed by atoms with Gasteiger partial charge in [-0.25, -0.2) is 9.37 Å². The van der Waals surface area contributed by atoms with E-state index in [1.54, 1.807) is 0 Å². The van der Waals surface area contributed by atoms with E-state index < -0.39 is 22.2 Å². The van der Waals surface area contributed by atoms with Gasteiger partial charge in [0.1, 0.15) is 5.82 Å². The van der Waals surface area contributed by atoms with Gasteiger partial charge in [-0.15, -0.1) is 0 Å². The number of halogens is 2. The number of hydrogen-bond acceptors (Lipinski definition) is 5. The Morgan fingerprint density at radius 3 is 2.85 bits per heavy atom. The summed E-state index contributed by atoms with van der Waals surface area (Å²) in [6.45, 7) is 2.91. The van der Waals surface area contributed by atoms with Crippen molar-refractivity contribution in [2.24, 2.45) is 0 Å². The van der Waals surface area contributed by atoms with E-state index in [1.807, 2.05) is 6.92 Å². The first-order valence-electron chi connectivity index (χ1n) is 5.82. The SMILES string of the molecule is CCNCc1ncc(-c2cc(F)cc([N+](=O)[O-])c2F)o1. The third-order valence-corrected chi connectivity index (χ3v) is 2.56. The van der Waals surface area contributed by atoms with Crippen molar-refractivity contribution in [3.05, 3.63) is 46.0 Å². The largest absolute Gasteiger partial charge is 0.439 e. The molecule has 0 amide bonds. The number of nitro groups is 1. The van der Waals surface area contributed by atoms with Crippen molar-refractivity contribution in [1.82, 2.24) is 10.3 Å². The average molecular weight is 283 g/mol. The molecule has 1 aromatic carbocycles. The molecule has 106 valence electrons. The average Bonchev–Trinajstić information content (AvgIpc) is 2.87. The third-order valence-electron chi connectivity index (χ3n) is 2.56. The molecule has 0 bridgehead atoms. The molecular formula is C12H11F2N3O3. The highest BCUT2D eigenvalue weighted by molar-refractivity contribution is 5.62. The summed E-state index contributed by atoms with van der Waals surface area (Å²) in [7, 11) is 0. The lowest BCUT2D eigenvalue weighted by Gasteiger charge is -2.01. The maximum atomic E-state index is 13.9. The zero-order valence-corrected chi connectivity index (χ0v) is 10.5. The molecule has 0 saturated carbocycles. The molecule has 0 saturated heterocycles. The van der Waals surface area contributed by atoms with E-state index in [1.165, 1.54) is 6.20 Å². The van der Waals surface area contributed by atoms with E-state index in [0.29, 0.717) is 19.2 Å². The molecule has 20 heavy (non-hydrogen) atoms. The fourth-order valence-electron chi connectivity index (χ4n) is 1.64. The molecule has 1 aromatic heterocycles. The number of hydrogen-bond donors (Lipinski definition) is 1. The fourth-order valence-corrected chi connectivity index (χ4v) is 1.64. The summed E-state index contributed by atoms with van der Waals surface area (Å²) in [5, 5.41) is 13.6. The lowest BCUT2D eigenvalue weighted by Crippen LogP contribution is -2.11. The van der Waals surface area contributed by atoms with Gasteiger partial charge >= 0.3 is 5.69 Å². The second kappa shape index (κ2) is 5.74. The molecule has 2 rings (SSSR count). The lowest BCUT2D eigenvalue weighted by atomic mass is 10.1. The summed E-state index contributed by atoms with van der Waals surface area (Å²) in [5.74, 6) is -1.84. The van der Waals surface area contributed by atoms with E-state index in [2.05, 4.69) is 10.3 Å². The van der Waals surface area contributed by atoms with Crippen LogP contribution in [-0.4, -0.2) is 16.5 Å². The van der Waals surface area contributed by atoms with E-state index >= 15 is 0 Å². The molecule has 0 atom stereocenters. The first-order valence-corrected chi connectivity index (χ1v) is 5.82. The molecule has 1 N–H and O–H groups in total. The Labute approximate surface area is 112 Å². The van der Waals surface area contributed by atoms with Crippen LogP contribution in [0.3, 0.4) is 0 Å². The van der Waals surface area contributed by atoms with Gasteiger partial charge in [0.2, 0.25) is 11.7 Å². The van der Waals surface area contributed by atoms with E-state index in [4.69, 9.17) is 4.42 Å². The maximum absolute atomic E-state index is 13.9. The zero-order valence-electron chi connectivity index (χ0n) is 10.5. The normalized spacial score (nSPS) is 10.8. The van der Waals surface area contributed by atoms with Crippen LogP contribution in [0.2, 0.25) is 0 Å². The minimum atomic E-state index is -1.15. The van der Waals surface area contributed by atoms with E-state index in [9.17, 15) is 18.9 Å². The number of aromatic nitrogens is 1. The topological polar surface area (TPSA) is 81.2 Å². The Hall–Kier alpha value is -2.35. The van der Waals surface area contributed by atoms with Gasteiger partial charge in [0.05, 0.1) is 29.3 Å². The van der Waals surface area contributed by atoms with Crippen LogP contribution in [0.15, 0.2) is 22.7 Å². The summed E-state index contributed by atoms with van der Waals surface area (Å²) in [4.78, 5) is 13.5. The van der Waals surface area contributed by atoms with Crippen LogP contribution in [-0.2, 0) is 6.54 Å². The highest BCUT2D eigenvalue weighted by Gasteiger charge is 2.23. The molecule has 0 radical (unpaired) electrons. The Morgan fingerprint density at radius 2 is 2.20 bits per heavy atom. The second-order valence-corrected chi connectivity index (χ2v) is 3.94. The van der Waals surface area contributed by atoms with Crippen molar-refractivity contribution < 1.29 is 18.1 Å². The van der Waals surface area contributed by atoms with Gasteiger partial charge in [0, 0.05) is 0 Å². The van der Waals surface area contributed by atoms with Gasteiger partial charge in [0.15, 0.2) is 5.76 Å². The molecule has 2 aromatic rings. The lowest BCUT2D eigenvalue weighted by molar-refractivity contribution is -0.387. The number of oxazole rings is 1. The van der Waals surface area contributed by atoms with Crippen molar-refractivity contribution >= 4 is 5.69 Å². The van der Waals surface area contributed by atoms with Crippen molar-refractivity contribution in [2.75, 3.05) is 6.54 Å². The fraction of sp³-hybridized carbons (Fsp3) is 0.250. The van der Waals surface area contributed by atoms with Crippen LogP contribution in [0.5, 0.6) is 0 Å². The maximum Gasteiger partial charge on any atom is 0.308 e. The smallest absolute Gasteiger partial charge is 0.308 e. The van der Waals surface area contributed by atoms with E-state index in [-0.39, 0.29) is 17.2 Å². The summed E-state index contributed by atoms with van der Waals surface area (Å²) in [6.07, 6.45) is 1.20. The first kappa shape index (κ1) is 14.1. The van der Waals surface area contributed by atoms with Crippen LogP contribution in [0.4, 0.5) is 14.5 Å². The number of nitrogens with one attached hydrogen (secondary N) is 1. The predicted molar refractivity (Wildman–Crippen MR) is 65.9 cm³/mol. The molecule has 6 nitrogen and oxygen atoms in total. The molecule has 0 aliphatic rings. The Kier molecular flexibility index (Phi) is 4.04. The summed E-state index contributed by atoms with van der Waals surface area (Å²) in [6, 6.07) is 1.36. The second-order valence-electron chi connectivity index (χ2n) is 3.94. The Morgan fingerprint density at radius 1 is 1.45 bits per heavy atom. The van der Waals surface area contributed by atoms with E-state index in [0.717, 1.165) is 6.07 Å². The molecule has 0 fully saturated rings. The Bertz CT molecular complexity index is 643. The monoisotopic (exact) mass is 283 g/mol. The van der Waals surface area contributed by atoms with Gasteiger partial charge in [-0.3, -0.25) is 10.1 Å². The van der Waals surface area contributed by atoms with Crippen LogP contribution in [0.25, 0.3) is 11.3 Å². The standard InChI is InChI=1S/C12H11F2N3O3/c1-2-15-6-11-16-5-10(20-11)8-3-7(13)4-9(12(8)14)17(18)19/h3-5,15H,2,6H2,1H3. The van der Waals surface area contributed by atoms with Gasteiger partial charge in [-0.05, 0) is 12.6 Å². The van der Waals surface area contributed by atoms with Crippen LogP contribution < -0.4 is 5.32 Å². The minimum absolute atomic E-state index is 0.0574. The summed E-state index contributed by atoms with van der Waals surface area (Å²) >= 11 is 0. The van der Waals surface area contributed by atoms with Crippen LogP contribution in [0.1, 0.15) is 12.8 Å². The molecule has 1 heterocycles. The van der Waals surface area contributed by atoms with Crippen LogP contribution in [0, 0.1) is 21.7 Å². The molecule has 0 aliphatic carbocycles. The van der Waals surface area contributed by atoms with Crippen molar-refractivity contribution in [3.8, 4) is 11.3 Å². The highest BCUT2D eigenvalue weighted by atomic mass is 19.1. The van der Waals surface area contributed by atoms with Gasteiger partial charge in [-0.2, -0.15) is 4.39 Å². The minimum Gasteiger partial charge on any atom is -0.439 e. The third kappa shape index (κ3) is 2.80. The predicted octanol–water partition coefficient (Wildman–Crippen LogP) is 2.64. The molecular weight excluding hydrogens is 272 g/mol. The molecule has 0 unspecified atom stereocenters. The zero-order chi connectivity index (χ0) is 14.7. The van der Waals surface area contributed by atoms with Crippen molar-refractivity contribution in [1.29, 1.82) is 0 Å². The number of nitro benzene ring substituents is 1. The first-order chi connectivity index (χ1) is 9.52. The molecule has 0 spiro atoms. The van der Waals surface area contributed by atoms with Crippen molar-refractivity contribution in [2.45, 2.75) is 13.5 Å². The quantitative estimate of drug-likeness (QED) is 0.674. The number of nitrogens with zero attached hydrogens (tertiary/aromatic N) is 2. The molecule has 0 aliphatic heterocycles. The highest BCUT2D eigenvalue weighted by Crippen LogP contribution is 2.30. The molecule has 8 heteroatoms.